The highest BCUT2D eigenvalue weighted by Crippen LogP contribution is 2.26. The standard InChI is InChI=1S/C29H34ClN3O5S/c1-5-31-29(35)22(4)32(19-23-9-11-24(30)12-10-23)28(34)20-33(25-13-7-21(3)8-14-25)39(36,37)27-17-15-26(16-18-27)38-6-2/h7-18,22H,5-6,19-20H2,1-4H3,(H,31,35)/t22-/m0/s1. The molecule has 3 aromatic carbocycles. The summed E-state index contributed by atoms with van der Waals surface area (Å²) in [4.78, 5) is 28.0. The Morgan fingerprint density at radius 2 is 1.56 bits per heavy atom. The number of nitrogens with zero attached hydrogens (tertiary/aromatic N) is 2. The largest absolute Gasteiger partial charge is 0.494 e. The Balaban J connectivity index is 2.00. The van der Waals surface area contributed by atoms with E-state index in [9.17, 15) is 18.0 Å². The maximum atomic E-state index is 13.9. The summed E-state index contributed by atoms with van der Waals surface area (Å²) in [6, 6.07) is 19.0. The lowest BCUT2D eigenvalue weighted by Gasteiger charge is -2.32. The molecule has 1 N–H and O–H groups in total. The molecule has 0 radical (unpaired) electrons. The summed E-state index contributed by atoms with van der Waals surface area (Å²) in [5.74, 6) is -0.325. The van der Waals surface area contributed by atoms with E-state index in [1.54, 1.807) is 74.5 Å². The zero-order chi connectivity index (χ0) is 28.6. The molecular weight excluding hydrogens is 538 g/mol. The van der Waals surface area contributed by atoms with E-state index in [4.69, 9.17) is 16.3 Å². The number of ether oxygens (including phenoxy) is 1. The average molecular weight is 572 g/mol. The molecule has 0 spiro atoms. The minimum absolute atomic E-state index is 0.0142. The first-order valence-corrected chi connectivity index (χ1v) is 14.5. The Hall–Kier alpha value is -3.56. The molecule has 0 saturated carbocycles. The van der Waals surface area contributed by atoms with Crippen molar-refractivity contribution in [3.05, 3.63) is 88.9 Å². The molecule has 0 unspecified atom stereocenters. The van der Waals surface area contributed by atoms with E-state index >= 15 is 0 Å². The molecule has 0 aliphatic carbocycles. The molecule has 0 aromatic heterocycles. The van der Waals surface area contributed by atoms with Gasteiger partial charge in [0.25, 0.3) is 10.0 Å². The van der Waals surface area contributed by atoms with Crippen LogP contribution in [0, 0.1) is 6.92 Å². The summed E-state index contributed by atoms with van der Waals surface area (Å²) in [5, 5.41) is 3.28. The first-order valence-electron chi connectivity index (χ1n) is 12.7. The first-order chi connectivity index (χ1) is 18.6. The predicted molar refractivity (Wildman–Crippen MR) is 153 cm³/mol. The van der Waals surface area contributed by atoms with Crippen molar-refractivity contribution in [3.63, 3.8) is 0 Å². The van der Waals surface area contributed by atoms with Crippen molar-refractivity contribution >= 4 is 39.1 Å². The van der Waals surface area contributed by atoms with Gasteiger partial charge < -0.3 is 15.0 Å². The fourth-order valence-corrected chi connectivity index (χ4v) is 5.47. The van der Waals surface area contributed by atoms with Crippen molar-refractivity contribution in [1.82, 2.24) is 10.2 Å². The molecule has 0 saturated heterocycles. The van der Waals surface area contributed by atoms with Crippen molar-refractivity contribution in [2.75, 3.05) is 24.0 Å². The fourth-order valence-electron chi connectivity index (χ4n) is 3.93. The second kappa shape index (κ2) is 13.5. The molecule has 0 aliphatic heterocycles. The first kappa shape index (κ1) is 30.0. The second-order valence-electron chi connectivity index (χ2n) is 8.97. The Kier molecular flexibility index (Phi) is 10.4. The van der Waals surface area contributed by atoms with Crippen LogP contribution in [0.1, 0.15) is 31.9 Å². The molecule has 208 valence electrons. The van der Waals surface area contributed by atoms with Crippen LogP contribution in [0.25, 0.3) is 0 Å². The minimum Gasteiger partial charge on any atom is -0.494 e. The van der Waals surface area contributed by atoms with E-state index in [1.807, 2.05) is 13.8 Å². The molecule has 1 atom stereocenters. The van der Waals surface area contributed by atoms with Crippen LogP contribution < -0.4 is 14.4 Å². The second-order valence-corrected chi connectivity index (χ2v) is 11.3. The summed E-state index contributed by atoms with van der Waals surface area (Å²) in [5.41, 5.74) is 2.03. The quantitative estimate of drug-likeness (QED) is 0.337. The number of sulfonamides is 1. The fraction of sp³-hybridized carbons (Fsp3) is 0.310. The lowest BCUT2D eigenvalue weighted by Crippen LogP contribution is -2.51. The van der Waals surface area contributed by atoms with E-state index in [1.165, 1.54) is 17.0 Å². The number of benzene rings is 3. The van der Waals surface area contributed by atoms with Crippen LogP contribution in [0.15, 0.2) is 77.7 Å². The van der Waals surface area contributed by atoms with Gasteiger partial charge in [0, 0.05) is 18.1 Å². The van der Waals surface area contributed by atoms with Gasteiger partial charge in [0.05, 0.1) is 17.2 Å². The molecule has 3 aromatic rings. The Morgan fingerprint density at radius 1 is 0.949 bits per heavy atom. The molecule has 0 fully saturated rings. The third-order valence-corrected chi connectivity index (χ3v) is 8.15. The number of likely N-dealkylation sites (N-methyl/N-ethyl adjacent to an activating group) is 1. The van der Waals surface area contributed by atoms with Crippen molar-refractivity contribution in [3.8, 4) is 5.75 Å². The minimum atomic E-state index is -4.15. The number of carbonyl (C=O) groups is 2. The van der Waals surface area contributed by atoms with Gasteiger partial charge in [-0.05, 0) is 81.8 Å². The van der Waals surface area contributed by atoms with Gasteiger partial charge in [0.1, 0.15) is 18.3 Å². The molecule has 39 heavy (non-hydrogen) atoms. The maximum absolute atomic E-state index is 13.9. The predicted octanol–water partition coefficient (Wildman–Crippen LogP) is 4.80. The number of amides is 2. The van der Waals surface area contributed by atoms with Crippen LogP contribution in [0.3, 0.4) is 0 Å². The van der Waals surface area contributed by atoms with Gasteiger partial charge in [-0.15, -0.1) is 0 Å². The summed E-state index contributed by atoms with van der Waals surface area (Å²) in [6.07, 6.45) is 0. The van der Waals surface area contributed by atoms with Crippen LogP contribution in [-0.4, -0.2) is 50.9 Å². The summed E-state index contributed by atoms with van der Waals surface area (Å²) >= 11 is 6.02. The number of hydrogen-bond acceptors (Lipinski definition) is 5. The summed E-state index contributed by atoms with van der Waals surface area (Å²) < 4.78 is 34.3. The lowest BCUT2D eigenvalue weighted by molar-refractivity contribution is -0.139. The van der Waals surface area contributed by atoms with Crippen LogP contribution >= 0.6 is 11.6 Å². The van der Waals surface area contributed by atoms with Crippen LogP contribution in [0.5, 0.6) is 5.75 Å². The van der Waals surface area contributed by atoms with Crippen molar-refractivity contribution in [2.24, 2.45) is 0 Å². The van der Waals surface area contributed by atoms with Gasteiger partial charge in [0.2, 0.25) is 11.8 Å². The maximum Gasteiger partial charge on any atom is 0.264 e. The zero-order valence-corrected chi connectivity index (χ0v) is 24.1. The molecular formula is C29H34ClN3O5S. The van der Waals surface area contributed by atoms with Gasteiger partial charge in [0.15, 0.2) is 0 Å². The topological polar surface area (TPSA) is 96.0 Å². The molecule has 2 amide bonds. The molecule has 8 nitrogen and oxygen atoms in total. The third kappa shape index (κ3) is 7.74. The molecule has 3 rings (SSSR count). The smallest absolute Gasteiger partial charge is 0.264 e. The highest BCUT2D eigenvalue weighted by atomic mass is 35.5. The van der Waals surface area contributed by atoms with E-state index in [-0.39, 0.29) is 17.3 Å². The summed E-state index contributed by atoms with van der Waals surface area (Å²) in [6.45, 7) is 7.58. The Bertz CT molecular complexity index is 1360. The number of rotatable bonds is 12. The monoisotopic (exact) mass is 571 g/mol. The van der Waals surface area contributed by atoms with Crippen LogP contribution in [-0.2, 0) is 26.2 Å². The number of aryl methyl sites for hydroxylation is 1. The van der Waals surface area contributed by atoms with E-state index in [0.717, 1.165) is 15.4 Å². The van der Waals surface area contributed by atoms with Gasteiger partial charge in [-0.3, -0.25) is 13.9 Å². The molecule has 0 heterocycles. The van der Waals surface area contributed by atoms with Crippen molar-refractivity contribution in [1.29, 1.82) is 0 Å². The van der Waals surface area contributed by atoms with Gasteiger partial charge >= 0.3 is 0 Å². The molecule has 10 heteroatoms. The summed E-state index contributed by atoms with van der Waals surface area (Å²) in [7, 11) is -4.15. The van der Waals surface area contributed by atoms with Crippen molar-refractivity contribution in [2.45, 2.75) is 45.2 Å². The molecule has 0 aliphatic rings. The average Bonchev–Trinajstić information content (AvgIpc) is 2.92. The van der Waals surface area contributed by atoms with Gasteiger partial charge in [-0.25, -0.2) is 8.42 Å². The number of carbonyl (C=O) groups excluding carboxylic acids is 2. The Morgan fingerprint density at radius 3 is 2.13 bits per heavy atom. The van der Waals surface area contributed by atoms with Crippen LogP contribution in [0.2, 0.25) is 5.02 Å². The SMILES string of the molecule is CCNC(=O)[C@H](C)N(Cc1ccc(Cl)cc1)C(=O)CN(c1ccc(C)cc1)S(=O)(=O)c1ccc(OCC)cc1. The van der Waals surface area contributed by atoms with E-state index < -0.39 is 28.5 Å². The zero-order valence-electron chi connectivity index (χ0n) is 22.6. The van der Waals surface area contributed by atoms with Crippen LogP contribution in [0.4, 0.5) is 5.69 Å². The number of nitrogens with one attached hydrogen (secondary N) is 1. The molecule has 0 bridgehead atoms. The lowest BCUT2D eigenvalue weighted by atomic mass is 10.1. The van der Waals surface area contributed by atoms with E-state index in [2.05, 4.69) is 5.32 Å². The highest BCUT2D eigenvalue weighted by molar-refractivity contribution is 7.92. The third-order valence-electron chi connectivity index (χ3n) is 6.11. The number of halogens is 1. The number of hydrogen-bond donors (Lipinski definition) is 1. The van der Waals surface area contributed by atoms with Gasteiger partial charge in [-0.2, -0.15) is 0 Å². The van der Waals surface area contributed by atoms with Gasteiger partial charge in [-0.1, -0.05) is 41.4 Å². The number of anilines is 1. The van der Waals surface area contributed by atoms with E-state index in [0.29, 0.717) is 29.6 Å². The Labute approximate surface area is 235 Å². The van der Waals surface area contributed by atoms with Crippen molar-refractivity contribution < 1.29 is 22.7 Å². The normalized spacial score (nSPS) is 11.9. The highest BCUT2D eigenvalue weighted by Gasteiger charge is 2.32.